The van der Waals surface area contributed by atoms with Crippen molar-refractivity contribution >= 4 is 45.0 Å². The lowest BCUT2D eigenvalue weighted by Gasteiger charge is -2.29. The fourth-order valence-corrected chi connectivity index (χ4v) is 7.47. The van der Waals surface area contributed by atoms with Gasteiger partial charge in [0.1, 0.15) is 17.4 Å². The third-order valence-corrected chi connectivity index (χ3v) is 9.49. The molecule has 36 heavy (non-hydrogen) atoms. The van der Waals surface area contributed by atoms with Crippen LogP contribution in [0.4, 0.5) is 0 Å². The van der Waals surface area contributed by atoms with Crippen LogP contribution in [0.5, 0.6) is 5.75 Å². The molecule has 1 aromatic carbocycles. The zero-order valence-corrected chi connectivity index (χ0v) is 22.8. The minimum atomic E-state index is -0.201. The molecule has 2 saturated heterocycles. The van der Waals surface area contributed by atoms with Crippen LogP contribution in [0, 0.1) is 24.2 Å². The number of carbonyl (C=O) groups is 2. The lowest BCUT2D eigenvalue weighted by molar-refractivity contribution is -0.143. The Balaban J connectivity index is 1.34. The van der Waals surface area contributed by atoms with E-state index in [1.165, 1.54) is 4.90 Å². The Labute approximate surface area is 219 Å². The summed E-state index contributed by atoms with van der Waals surface area (Å²) in [6.07, 6.45) is 2.16. The minimum absolute atomic E-state index is 0.0432. The Kier molecular flexibility index (Phi) is 5.52. The minimum Gasteiger partial charge on any atom is -0.488 e. The molecule has 4 heterocycles. The van der Waals surface area contributed by atoms with Crippen LogP contribution in [0.2, 0.25) is 5.02 Å². The third kappa shape index (κ3) is 3.68. The number of hydrogen-bond acceptors (Lipinski definition) is 6. The second kappa shape index (κ2) is 8.30. The van der Waals surface area contributed by atoms with E-state index >= 15 is 0 Å². The van der Waals surface area contributed by atoms with Gasteiger partial charge >= 0.3 is 0 Å². The lowest BCUT2D eigenvalue weighted by Crippen LogP contribution is -2.42. The van der Waals surface area contributed by atoms with E-state index in [1.807, 2.05) is 50.7 Å². The average molecular weight is 527 g/mol. The van der Waals surface area contributed by atoms with Crippen LogP contribution < -0.4 is 10.1 Å². The molecule has 3 aromatic rings. The zero-order chi connectivity index (χ0) is 25.5. The van der Waals surface area contributed by atoms with Crippen molar-refractivity contribution in [3.05, 3.63) is 33.7 Å². The Morgan fingerprint density at radius 2 is 1.92 bits per heavy atom. The molecular formula is C27H31ClN4O3S. The van der Waals surface area contributed by atoms with Gasteiger partial charge in [0.15, 0.2) is 0 Å². The molecule has 3 fully saturated rings. The molecule has 2 amide bonds. The van der Waals surface area contributed by atoms with Gasteiger partial charge in [0.25, 0.3) is 0 Å². The van der Waals surface area contributed by atoms with Gasteiger partial charge in [-0.2, -0.15) is 5.10 Å². The number of aryl methyl sites for hydroxylation is 2. The van der Waals surface area contributed by atoms with E-state index in [4.69, 9.17) is 21.4 Å². The summed E-state index contributed by atoms with van der Waals surface area (Å²) < 4.78 is 9.44. The number of nitrogens with zero attached hydrogens (tertiary/aromatic N) is 3. The Bertz CT molecular complexity index is 1380. The van der Waals surface area contributed by atoms with Crippen molar-refractivity contribution in [2.45, 2.75) is 59.2 Å². The SMILES string of the molecule is Cc1cc(Cl)cc(-c2c3sc(CN4C(=O)C5C(C4=O)C5(C)C)cc3nn2C)c1OC1CCC(C)NC1. The van der Waals surface area contributed by atoms with Gasteiger partial charge in [-0.1, -0.05) is 25.4 Å². The number of halogens is 1. The largest absolute Gasteiger partial charge is 0.488 e. The maximum Gasteiger partial charge on any atom is 0.234 e. The highest BCUT2D eigenvalue weighted by Gasteiger charge is 2.72. The zero-order valence-electron chi connectivity index (χ0n) is 21.2. The molecule has 0 spiro atoms. The van der Waals surface area contributed by atoms with Crippen LogP contribution in [0.1, 0.15) is 44.1 Å². The number of carbonyl (C=O) groups excluding carboxylic acids is 2. The predicted molar refractivity (Wildman–Crippen MR) is 141 cm³/mol. The van der Waals surface area contributed by atoms with Crippen molar-refractivity contribution < 1.29 is 14.3 Å². The van der Waals surface area contributed by atoms with Crippen LogP contribution in [0.3, 0.4) is 0 Å². The number of imide groups is 1. The number of likely N-dealkylation sites (tertiary alicyclic amines) is 1. The average Bonchev–Trinajstić information content (AvgIpc) is 3.04. The molecule has 7 nitrogen and oxygen atoms in total. The van der Waals surface area contributed by atoms with E-state index in [9.17, 15) is 9.59 Å². The van der Waals surface area contributed by atoms with Gasteiger partial charge in [0.05, 0.1) is 28.8 Å². The van der Waals surface area contributed by atoms with Crippen molar-refractivity contribution in [2.24, 2.45) is 24.3 Å². The van der Waals surface area contributed by atoms with E-state index in [1.54, 1.807) is 11.3 Å². The number of benzene rings is 1. The number of aromatic nitrogens is 2. The quantitative estimate of drug-likeness (QED) is 0.477. The molecule has 190 valence electrons. The maximum absolute atomic E-state index is 12.9. The number of ether oxygens (including phenoxy) is 1. The number of piperidine rings is 2. The molecular weight excluding hydrogens is 496 g/mol. The molecule has 9 heteroatoms. The molecule has 4 unspecified atom stereocenters. The summed E-state index contributed by atoms with van der Waals surface area (Å²) in [6.45, 7) is 9.33. The Morgan fingerprint density at radius 3 is 2.58 bits per heavy atom. The molecule has 4 atom stereocenters. The Morgan fingerprint density at radius 1 is 1.19 bits per heavy atom. The molecule has 0 bridgehead atoms. The van der Waals surface area contributed by atoms with Gasteiger partial charge < -0.3 is 10.1 Å². The van der Waals surface area contributed by atoms with Gasteiger partial charge in [-0.3, -0.25) is 19.2 Å². The third-order valence-electron chi connectivity index (χ3n) is 8.16. The second-order valence-electron chi connectivity index (χ2n) is 11.2. The fourth-order valence-electron chi connectivity index (χ4n) is 6.03. The summed E-state index contributed by atoms with van der Waals surface area (Å²) in [5.41, 5.74) is 3.47. The van der Waals surface area contributed by atoms with E-state index < -0.39 is 0 Å². The molecule has 1 saturated carbocycles. The van der Waals surface area contributed by atoms with Gasteiger partial charge in [-0.25, -0.2) is 0 Å². The van der Waals surface area contributed by atoms with Crippen molar-refractivity contribution in [3.63, 3.8) is 0 Å². The van der Waals surface area contributed by atoms with Crippen LogP contribution in [-0.2, 0) is 23.2 Å². The van der Waals surface area contributed by atoms with Gasteiger partial charge in [0.2, 0.25) is 11.8 Å². The van der Waals surface area contributed by atoms with Gasteiger partial charge in [-0.05, 0) is 55.9 Å². The summed E-state index contributed by atoms with van der Waals surface area (Å²) in [5.74, 6) is 0.409. The highest BCUT2D eigenvalue weighted by atomic mass is 35.5. The van der Waals surface area contributed by atoms with E-state index in [2.05, 4.69) is 12.2 Å². The maximum atomic E-state index is 12.9. The smallest absolute Gasteiger partial charge is 0.234 e. The summed E-state index contributed by atoms with van der Waals surface area (Å²) in [4.78, 5) is 28.1. The highest BCUT2D eigenvalue weighted by molar-refractivity contribution is 7.19. The standard InChI is InChI=1S/C27H31ClN4O3S/c1-13-8-15(28)9-18(23(13)35-16-7-6-14(2)29-11-16)22-24-19(30-31(22)5)10-17(36-24)12-32-25(33)20-21(26(32)34)27(20,3)4/h8-10,14,16,20-21,29H,6-7,11-12H2,1-5H3. The Hall–Kier alpha value is -2.42. The molecule has 2 aromatic heterocycles. The molecule has 0 radical (unpaired) electrons. The van der Waals surface area contributed by atoms with E-state index in [0.717, 1.165) is 57.1 Å². The van der Waals surface area contributed by atoms with Crippen LogP contribution >= 0.6 is 22.9 Å². The first-order valence-corrected chi connectivity index (χ1v) is 13.8. The normalized spacial score (nSPS) is 27.1. The second-order valence-corrected chi connectivity index (χ2v) is 12.7. The lowest BCUT2D eigenvalue weighted by atomic mass is 10.0. The predicted octanol–water partition coefficient (Wildman–Crippen LogP) is 4.92. The van der Waals surface area contributed by atoms with Crippen molar-refractivity contribution in [2.75, 3.05) is 6.54 Å². The van der Waals surface area contributed by atoms with Crippen molar-refractivity contribution in [3.8, 4) is 17.0 Å². The number of nitrogens with one attached hydrogen (secondary N) is 1. The summed E-state index contributed by atoms with van der Waals surface area (Å²) in [6, 6.07) is 6.37. The number of amides is 2. The van der Waals surface area contributed by atoms with Gasteiger partial charge in [0, 0.05) is 35.1 Å². The molecule has 6 rings (SSSR count). The number of rotatable bonds is 5. The van der Waals surface area contributed by atoms with Gasteiger partial charge in [-0.15, -0.1) is 11.3 Å². The monoisotopic (exact) mass is 526 g/mol. The fraction of sp³-hybridized carbons (Fsp3) is 0.519. The molecule has 2 aliphatic heterocycles. The first-order chi connectivity index (χ1) is 17.1. The van der Waals surface area contributed by atoms with Crippen LogP contribution in [0.15, 0.2) is 18.2 Å². The molecule has 1 aliphatic carbocycles. The molecule has 3 aliphatic rings. The van der Waals surface area contributed by atoms with E-state index in [0.29, 0.717) is 17.6 Å². The first kappa shape index (κ1) is 23.9. The summed E-state index contributed by atoms with van der Waals surface area (Å²) in [7, 11) is 1.93. The number of hydrogen-bond donors (Lipinski definition) is 1. The molecule has 1 N–H and O–H groups in total. The first-order valence-electron chi connectivity index (χ1n) is 12.6. The van der Waals surface area contributed by atoms with Crippen LogP contribution in [-0.4, -0.2) is 45.2 Å². The highest BCUT2D eigenvalue weighted by Crippen LogP contribution is 2.63. The van der Waals surface area contributed by atoms with Crippen molar-refractivity contribution in [1.82, 2.24) is 20.0 Å². The topological polar surface area (TPSA) is 76.5 Å². The van der Waals surface area contributed by atoms with E-state index in [-0.39, 0.29) is 35.2 Å². The van der Waals surface area contributed by atoms with Crippen molar-refractivity contribution in [1.29, 1.82) is 0 Å². The summed E-state index contributed by atoms with van der Waals surface area (Å²) in [5, 5.41) is 8.91. The van der Waals surface area contributed by atoms with Crippen LogP contribution in [0.25, 0.3) is 21.5 Å². The summed E-state index contributed by atoms with van der Waals surface area (Å²) >= 11 is 8.09. The number of fused-ring (bicyclic) bond motifs is 2. The number of thiophene rings is 1.